The molecular formula is C24H29BrO5. The van der Waals surface area contributed by atoms with Crippen LogP contribution in [0.1, 0.15) is 66.2 Å². The third-order valence-corrected chi connectivity index (χ3v) is 5.03. The summed E-state index contributed by atoms with van der Waals surface area (Å²) in [5.41, 5.74) is 0.427. The highest BCUT2D eigenvalue weighted by Gasteiger charge is 2.18. The van der Waals surface area contributed by atoms with Gasteiger partial charge in [0.15, 0.2) is 0 Å². The second-order valence-electron chi connectivity index (χ2n) is 6.89. The van der Waals surface area contributed by atoms with E-state index in [0.29, 0.717) is 12.4 Å². The van der Waals surface area contributed by atoms with Gasteiger partial charge in [0.05, 0.1) is 17.7 Å². The molecule has 2 aromatic carbocycles. The molecule has 0 aliphatic heterocycles. The first kappa shape index (κ1) is 23.9. The lowest BCUT2D eigenvalue weighted by Gasteiger charge is -2.10. The summed E-state index contributed by atoms with van der Waals surface area (Å²) in [6, 6.07) is 13.9. The lowest BCUT2D eigenvalue weighted by Crippen LogP contribution is -2.17. The monoisotopic (exact) mass is 476 g/mol. The summed E-state index contributed by atoms with van der Waals surface area (Å²) in [5.74, 6) is -0.378. The topological polar surface area (TPSA) is 61.8 Å². The Morgan fingerprint density at radius 2 is 1.30 bits per heavy atom. The van der Waals surface area contributed by atoms with Crippen molar-refractivity contribution in [2.45, 2.75) is 45.4 Å². The normalized spacial score (nSPS) is 10.5. The van der Waals surface area contributed by atoms with Gasteiger partial charge in [-0.2, -0.15) is 0 Å². The smallest absolute Gasteiger partial charge is 0.339 e. The molecule has 0 aromatic heterocycles. The molecule has 0 radical (unpaired) electrons. The van der Waals surface area contributed by atoms with Crippen molar-refractivity contribution in [3.05, 3.63) is 64.1 Å². The van der Waals surface area contributed by atoms with E-state index in [9.17, 15) is 9.59 Å². The number of hydrogen-bond donors (Lipinski definition) is 0. The van der Waals surface area contributed by atoms with Gasteiger partial charge in [0.1, 0.15) is 19.0 Å². The van der Waals surface area contributed by atoms with E-state index in [1.807, 2.05) is 24.3 Å². The Morgan fingerprint density at radius 3 is 1.93 bits per heavy atom. The molecule has 0 unspecified atom stereocenters. The number of carbonyl (C=O) groups is 2. The van der Waals surface area contributed by atoms with Crippen LogP contribution in [0.3, 0.4) is 0 Å². The Bertz CT molecular complexity index is 788. The van der Waals surface area contributed by atoms with Crippen LogP contribution in [0.4, 0.5) is 0 Å². The Hall–Kier alpha value is -2.34. The number of hydrogen-bond acceptors (Lipinski definition) is 5. The van der Waals surface area contributed by atoms with Crippen molar-refractivity contribution in [2.75, 3.05) is 19.8 Å². The zero-order chi connectivity index (χ0) is 21.6. The fourth-order valence-electron chi connectivity index (χ4n) is 2.87. The summed E-state index contributed by atoms with van der Waals surface area (Å²) >= 11 is 3.36. The number of benzene rings is 2. The number of carbonyl (C=O) groups excluding carboxylic acids is 2. The summed E-state index contributed by atoms with van der Waals surface area (Å²) in [7, 11) is 0. The molecule has 2 rings (SSSR count). The molecule has 0 amide bonds. The maximum atomic E-state index is 12.4. The number of rotatable bonds is 13. The van der Waals surface area contributed by atoms with Gasteiger partial charge >= 0.3 is 11.9 Å². The lowest BCUT2D eigenvalue weighted by molar-refractivity contribution is 0.0422. The maximum Gasteiger partial charge on any atom is 0.339 e. The van der Waals surface area contributed by atoms with Gasteiger partial charge in [-0.25, -0.2) is 9.59 Å². The minimum atomic E-state index is -0.568. The van der Waals surface area contributed by atoms with E-state index in [0.717, 1.165) is 23.7 Å². The molecule has 0 N–H and O–H groups in total. The van der Waals surface area contributed by atoms with Crippen molar-refractivity contribution < 1.29 is 23.8 Å². The first-order valence-corrected chi connectivity index (χ1v) is 11.2. The zero-order valence-electron chi connectivity index (χ0n) is 17.4. The molecule has 5 nitrogen and oxygen atoms in total. The molecule has 0 aliphatic carbocycles. The van der Waals surface area contributed by atoms with Gasteiger partial charge in [-0.3, -0.25) is 0 Å². The molecule has 0 aliphatic rings. The predicted octanol–water partition coefficient (Wildman–Crippen LogP) is 6.20. The first-order chi connectivity index (χ1) is 14.6. The van der Waals surface area contributed by atoms with Crippen molar-refractivity contribution in [2.24, 2.45) is 0 Å². The molecule has 0 saturated heterocycles. The standard InChI is InChI=1S/C24H29BrO5/c1-2-3-4-5-6-9-16-29-23(26)21-10-7-8-11-22(21)24(27)30-18-17-28-20-14-12-19(25)13-15-20/h7-8,10-15H,2-6,9,16-18H2,1H3. The summed E-state index contributed by atoms with van der Waals surface area (Å²) < 4.78 is 17.1. The summed E-state index contributed by atoms with van der Waals surface area (Å²) in [4.78, 5) is 24.8. The zero-order valence-corrected chi connectivity index (χ0v) is 19.0. The fraction of sp³-hybridized carbons (Fsp3) is 0.417. The molecule has 0 bridgehead atoms. The van der Waals surface area contributed by atoms with Gasteiger partial charge in [0, 0.05) is 4.47 Å². The number of unbranched alkanes of at least 4 members (excludes halogenated alkanes) is 5. The number of esters is 2. The van der Waals surface area contributed by atoms with Gasteiger partial charge in [0.2, 0.25) is 0 Å². The second-order valence-corrected chi connectivity index (χ2v) is 7.80. The molecular weight excluding hydrogens is 448 g/mol. The predicted molar refractivity (Wildman–Crippen MR) is 120 cm³/mol. The van der Waals surface area contributed by atoms with Crippen molar-refractivity contribution >= 4 is 27.9 Å². The number of halogens is 1. The molecule has 6 heteroatoms. The summed E-state index contributed by atoms with van der Waals surface area (Å²) in [5, 5.41) is 0. The van der Waals surface area contributed by atoms with Crippen LogP contribution in [0.2, 0.25) is 0 Å². The van der Waals surface area contributed by atoms with E-state index in [1.165, 1.54) is 19.3 Å². The third-order valence-electron chi connectivity index (χ3n) is 4.50. The van der Waals surface area contributed by atoms with Gasteiger partial charge in [0.25, 0.3) is 0 Å². The van der Waals surface area contributed by atoms with Crippen molar-refractivity contribution in [1.29, 1.82) is 0 Å². The highest BCUT2D eigenvalue weighted by atomic mass is 79.9. The van der Waals surface area contributed by atoms with E-state index < -0.39 is 11.9 Å². The average Bonchev–Trinajstić information content (AvgIpc) is 2.77. The highest BCUT2D eigenvalue weighted by Crippen LogP contribution is 2.16. The van der Waals surface area contributed by atoms with Crippen LogP contribution in [-0.4, -0.2) is 31.8 Å². The van der Waals surface area contributed by atoms with Gasteiger partial charge in [-0.05, 0) is 42.8 Å². The Kier molecular flexibility index (Phi) is 11.0. The van der Waals surface area contributed by atoms with E-state index in [4.69, 9.17) is 14.2 Å². The van der Waals surface area contributed by atoms with Crippen LogP contribution >= 0.6 is 15.9 Å². The van der Waals surface area contributed by atoms with Gasteiger partial charge in [-0.15, -0.1) is 0 Å². The van der Waals surface area contributed by atoms with Crippen molar-refractivity contribution in [3.63, 3.8) is 0 Å². The molecule has 0 fully saturated rings. The van der Waals surface area contributed by atoms with Crippen molar-refractivity contribution in [3.8, 4) is 5.75 Å². The summed E-state index contributed by atoms with van der Waals surface area (Å²) in [6.45, 7) is 2.84. The Labute approximate surface area is 186 Å². The SMILES string of the molecule is CCCCCCCCOC(=O)c1ccccc1C(=O)OCCOc1ccc(Br)cc1. The molecule has 2 aromatic rings. The first-order valence-electron chi connectivity index (χ1n) is 10.4. The molecule has 162 valence electrons. The Balaban J connectivity index is 1.76. The van der Waals surface area contributed by atoms with E-state index in [2.05, 4.69) is 22.9 Å². The lowest BCUT2D eigenvalue weighted by atomic mass is 10.1. The van der Waals surface area contributed by atoms with Crippen LogP contribution < -0.4 is 4.74 Å². The fourth-order valence-corrected chi connectivity index (χ4v) is 3.13. The molecule has 0 spiro atoms. The minimum Gasteiger partial charge on any atom is -0.490 e. The molecule has 0 heterocycles. The number of ether oxygens (including phenoxy) is 3. The Morgan fingerprint density at radius 1 is 0.733 bits per heavy atom. The quantitative estimate of drug-likeness (QED) is 0.254. The van der Waals surface area contributed by atoms with Crippen LogP contribution in [0.25, 0.3) is 0 Å². The van der Waals surface area contributed by atoms with Gasteiger partial charge in [-0.1, -0.05) is 67.1 Å². The van der Waals surface area contributed by atoms with Crippen molar-refractivity contribution in [1.82, 2.24) is 0 Å². The minimum absolute atomic E-state index is 0.0794. The molecule has 0 saturated carbocycles. The summed E-state index contributed by atoms with van der Waals surface area (Å²) in [6.07, 6.45) is 6.67. The largest absolute Gasteiger partial charge is 0.490 e. The van der Waals surface area contributed by atoms with Crippen LogP contribution in [0.5, 0.6) is 5.75 Å². The van der Waals surface area contributed by atoms with Crippen LogP contribution in [-0.2, 0) is 9.47 Å². The van der Waals surface area contributed by atoms with Crippen LogP contribution in [0.15, 0.2) is 53.0 Å². The molecule has 30 heavy (non-hydrogen) atoms. The van der Waals surface area contributed by atoms with E-state index >= 15 is 0 Å². The average molecular weight is 477 g/mol. The highest BCUT2D eigenvalue weighted by molar-refractivity contribution is 9.10. The van der Waals surface area contributed by atoms with E-state index in [1.54, 1.807) is 24.3 Å². The van der Waals surface area contributed by atoms with Crippen LogP contribution in [0, 0.1) is 0 Å². The third kappa shape index (κ3) is 8.57. The maximum absolute atomic E-state index is 12.4. The van der Waals surface area contributed by atoms with E-state index in [-0.39, 0.29) is 24.3 Å². The second kappa shape index (κ2) is 13.8. The molecule has 0 atom stereocenters. The van der Waals surface area contributed by atoms with Gasteiger partial charge < -0.3 is 14.2 Å².